The molecule has 11 nitrogen and oxygen atoms in total. The number of carbonyl (C=O) groups is 4. The Balaban J connectivity index is 1.18. The molecule has 3 aromatic rings. The molecule has 1 saturated carbocycles. The summed E-state index contributed by atoms with van der Waals surface area (Å²) in [5, 5.41) is 5.75. The van der Waals surface area contributed by atoms with Gasteiger partial charge in [0, 0.05) is 69.3 Å². The van der Waals surface area contributed by atoms with Gasteiger partial charge in [0.1, 0.15) is 6.26 Å². The van der Waals surface area contributed by atoms with Gasteiger partial charge in [0.25, 0.3) is 11.8 Å². The second-order valence-electron chi connectivity index (χ2n) is 11.0. The number of likely N-dealkylation sites (tertiary alicyclic amines) is 1. The van der Waals surface area contributed by atoms with Gasteiger partial charge in [-0.25, -0.2) is 4.98 Å². The smallest absolute Gasteiger partial charge is 0.277 e. The van der Waals surface area contributed by atoms with Gasteiger partial charge in [-0.15, -0.1) is 0 Å². The highest BCUT2D eigenvalue weighted by Gasteiger charge is 2.30. The molecule has 3 fully saturated rings. The van der Waals surface area contributed by atoms with Crippen LogP contribution in [0.1, 0.15) is 63.9 Å². The predicted octanol–water partition coefficient (Wildman–Crippen LogP) is 3.32. The molecule has 1 aliphatic carbocycles. The molecule has 0 atom stereocenters. The van der Waals surface area contributed by atoms with Crippen LogP contribution in [0.2, 0.25) is 0 Å². The van der Waals surface area contributed by atoms with Gasteiger partial charge in [-0.1, -0.05) is 18.2 Å². The Bertz CT molecular complexity index is 1510. The fraction of sp³-hybridized carbons (Fsp3) is 0.387. The van der Waals surface area contributed by atoms with Gasteiger partial charge in [-0.2, -0.15) is 0 Å². The van der Waals surface area contributed by atoms with E-state index >= 15 is 0 Å². The first-order valence-electron chi connectivity index (χ1n) is 14.4. The van der Waals surface area contributed by atoms with Gasteiger partial charge in [0.2, 0.25) is 11.8 Å². The van der Waals surface area contributed by atoms with Crippen molar-refractivity contribution in [2.75, 3.05) is 54.4 Å². The number of piperazine rings is 1. The van der Waals surface area contributed by atoms with Crippen molar-refractivity contribution < 1.29 is 23.6 Å². The van der Waals surface area contributed by atoms with E-state index in [9.17, 15) is 19.2 Å². The molecule has 4 amide bonds. The highest BCUT2D eigenvalue weighted by molar-refractivity contribution is 6.06. The minimum atomic E-state index is -0.408. The molecule has 0 spiro atoms. The topological polar surface area (TPSA) is 128 Å². The van der Waals surface area contributed by atoms with E-state index in [1.807, 2.05) is 18.2 Å². The predicted molar refractivity (Wildman–Crippen MR) is 157 cm³/mol. The normalized spacial score (nSPS) is 17.1. The number of hydrogen-bond acceptors (Lipinski definition) is 8. The number of para-hydroxylation sites is 1. The minimum Gasteiger partial charge on any atom is -0.448 e. The van der Waals surface area contributed by atoms with Gasteiger partial charge in [-0.05, 0) is 49.6 Å². The van der Waals surface area contributed by atoms with Crippen LogP contribution in [0.25, 0.3) is 0 Å². The first-order chi connectivity index (χ1) is 20.4. The van der Waals surface area contributed by atoms with Crippen LogP contribution in [0.3, 0.4) is 0 Å². The highest BCUT2D eigenvalue weighted by Crippen LogP contribution is 2.39. The van der Waals surface area contributed by atoms with Gasteiger partial charge in [0.05, 0.1) is 11.4 Å². The van der Waals surface area contributed by atoms with E-state index in [2.05, 4.69) is 44.5 Å². The molecule has 1 aromatic heterocycles. The summed E-state index contributed by atoms with van der Waals surface area (Å²) in [6.45, 7) is 5.46. The molecule has 3 heterocycles. The minimum absolute atomic E-state index is 0.131. The molecule has 2 aliphatic heterocycles. The molecular formula is C31H34N6O5. The zero-order valence-corrected chi connectivity index (χ0v) is 23.6. The van der Waals surface area contributed by atoms with Crippen molar-refractivity contribution in [3.05, 3.63) is 71.4 Å². The Hall–Kier alpha value is -4.67. The number of benzene rings is 2. The lowest BCUT2D eigenvalue weighted by Gasteiger charge is -2.38. The van der Waals surface area contributed by atoms with E-state index in [0.29, 0.717) is 17.1 Å². The van der Waals surface area contributed by atoms with Crippen molar-refractivity contribution in [2.24, 2.45) is 0 Å². The number of nitrogens with zero attached hydrogens (tertiary/aromatic N) is 4. The van der Waals surface area contributed by atoms with Gasteiger partial charge in [0.15, 0.2) is 11.6 Å². The molecule has 2 saturated heterocycles. The lowest BCUT2D eigenvalue weighted by Crippen LogP contribution is -2.47. The van der Waals surface area contributed by atoms with E-state index in [1.54, 1.807) is 12.1 Å². The van der Waals surface area contributed by atoms with Crippen LogP contribution in [0, 0.1) is 6.92 Å². The first-order valence-corrected chi connectivity index (χ1v) is 14.4. The van der Waals surface area contributed by atoms with Crippen LogP contribution in [0.15, 0.2) is 53.1 Å². The third-order valence-electron chi connectivity index (χ3n) is 8.04. The van der Waals surface area contributed by atoms with Crippen LogP contribution < -0.4 is 20.4 Å². The lowest BCUT2D eigenvalue weighted by atomic mass is 10.1. The summed E-state index contributed by atoms with van der Waals surface area (Å²) in [4.78, 5) is 60.1. The largest absolute Gasteiger partial charge is 0.448 e. The average Bonchev–Trinajstić information content (AvgIpc) is 3.64. The number of anilines is 3. The third kappa shape index (κ3) is 5.86. The lowest BCUT2D eigenvalue weighted by molar-refractivity contribution is -0.138. The molecule has 3 aliphatic rings. The van der Waals surface area contributed by atoms with Crippen LogP contribution in [-0.4, -0.2) is 72.8 Å². The Morgan fingerprint density at radius 1 is 0.929 bits per heavy atom. The maximum Gasteiger partial charge on any atom is 0.277 e. The van der Waals surface area contributed by atoms with Crippen molar-refractivity contribution in [1.29, 1.82) is 0 Å². The summed E-state index contributed by atoms with van der Waals surface area (Å²) >= 11 is 0. The Morgan fingerprint density at radius 3 is 2.31 bits per heavy atom. The van der Waals surface area contributed by atoms with E-state index in [4.69, 9.17) is 4.42 Å². The summed E-state index contributed by atoms with van der Waals surface area (Å²) in [5.74, 6) is -0.347. The highest BCUT2D eigenvalue weighted by atomic mass is 16.3. The number of carbonyl (C=O) groups excluding carboxylic acids is 4. The zero-order valence-electron chi connectivity index (χ0n) is 23.6. The van der Waals surface area contributed by atoms with Gasteiger partial charge >= 0.3 is 0 Å². The molecule has 6 rings (SSSR count). The van der Waals surface area contributed by atoms with Crippen molar-refractivity contribution in [1.82, 2.24) is 15.2 Å². The Labute approximate surface area is 243 Å². The summed E-state index contributed by atoms with van der Waals surface area (Å²) in [6, 6.07) is 13.6. The summed E-state index contributed by atoms with van der Waals surface area (Å²) in [7, 11) is 0. The number of hydrogen-bond donors (Lipinski definition) is 2. The van der Waals surface area contributed by atoms with E-state index in [1.165, 1.54) is 22.4 Å². The number of nitrogens with one attached hydrogen (secondary N) is 2. The Morgan fingerprint density at radius 2 is 1.62 bits per heavy atom. The molecule has 218 valence electrons. The number of aryl methyl sites for hydroxylation is 1. The van der Waals surface area contributed by atoms with Crippen LogP contribution in [0.5, 0.6) is 0 Å². The molecule has 2 aromatic carbocycles. The zero-order chi connectivity index (χ0) is 29.2. The standard InChI is InChI=1S/C31H34N6O5/c1-20-4-2-3-5-25(20)35-14-16-36(17-15-35)26-9-8-22(29(40)32-12-13-37-27(38)10-11-28(37)39)18-23(26)33-30(41)24-19-42-31(34-24)21-6-7-21/h2-5,8-9,18-19,21H,6-7,10-17H2,1H3,(H,32,40)(H,33,41). The second kappa shape index (κ2) is 11.7. The van der Waals surface area contributed by atoms with Gasteiger partial charge in [-0.3, -0.25) is 24.1 Å². The third-order valence-corrected chi connectivity index (χ3v) is 8.04. The van der Waals surface area contributed by atoms with Crippen molar-refractivity contribution in [3.8, 4) is 0 Å². The van der Waals surface area contributed by atoms with E-state index in [0.717, 1.165) is 44.7 Å². The summed E-state index contributed by atoms with van der Waals surface area (Å²) in [5.41, 5.74) is 4.30. The van der Waals surface area contributed by atoms with Gasteiger partial charge < -0.3 is 24.9 Å². The average molecular weight is 571 g/mol. The van der Waals surface area contributed by atoms with E-state index in [-0.39, 0.29) is 55.3 Å². The van der Waals surface area contributed by atoms with Crippen molar-refractivity contribution in [3.63, 3.8) is 0 Å². The maximum absolute atomic E-state index is 13.2. The van der Waals surface area contributed by atoms with Crippen molar-refractivity contribution in [2.45, 2.75) is 38.5 Å². The number of aromatic nitrogens is 1. The number of oxazole rings is 1. The summed E-state index contributed by atoms with van der Waals surface area (Å²) in [6.07, 6.45) is 3.82. The molecule has 42 heavy (non-hydrogen) atoms. The van der Waals surface area contributed by atoms with E-state index < -0.39 is 5.91 Å². The van der Waals surface area contributed by atoms with Crippen LogP contribution >= 0.6 is 0 Å². The molecule has 0 unspecified atom stereocenters. The van der Waals surface area contributed by atoms with Crippen LogP contribution in [0.4, 0.5) is 17.1 Å². The molecule has 0 radical (unpaired) electrons. The molecule has 2 N–H and O–H groups in total. The number of imide groups is 1. The quantitative estimate of drug-likeness (QED) is 0.375. The molecule has 0 bridgehead atoms. The first kappa shape index (κ1) is 27.5. The fourth-order valence-corrected chi connectivity index (χ4v) is 5.51. The van der Waals surface area contributed by atoms with Crippen LogP contribution in [-0.2, 0) is 9.59 Å². The number of rotatable bonds is 9. The molecule has 11 heteroatoms. The monoisotopic (exact) mass is 570 g/mol. The molecular weight excluding hydrogens is 536 g/mol. The number of amides is 4. The van der Waals surface area contributed by atoms with Crippen molar-refractivity contribution >= 4 is 40.7 Å². The Kier molecular flexibility index (Phi) is 7.64. The summed E-state index contributed by atoms with van der Waals surface area (Å²) < 4.78 is 5.52. The SMILES string of the molecule is Cc1ccccc1N1CCN(c2ccc(C(=O)NCCN3C(=O)CCC3=O)cc2NC(=O)c2coc(C3CC3)n2)CC1. The second-order valence-corrected chi connectivity index (χ2v) is 11.0. The fourth-order valence-electron chi connectivity index (χ4n) is 5.51. The maximum atomic E-state index is 13.2.